The molecular weight excluding hydrogens is 556 g/mol. The smallest absolute Gasteiger partial charge is 0.491 e. The predicted octanol–water partition coefficient (Wildman–Crippen LogP) is 8.86. The first-order chi connectivity index (χ1) is 20.5. The molecule has 4 rings (SSSR count). The summed E-state index contributed by atoms with van der Waals surface area (Å²) >= 11 is 0. The van der Waals surface area contributed by atoms with E-state index >= 15 is 0 Å². The molecule has 2 fully saturated rings. The largest absolute Gasteiger partial charge is 0.680 e. The van der Waals surface area contributed by atoms with E-state index < -0.39 is 9.05 Å². The van der Waals surface area contributed by atoms with Crippen LogP contribution in [0.4, 0.5) is 0 Å². The van der Waals surface area contributed by atoms with Crippen LogP contribution in [0, 0.1) is 22.7 Å². The minimum absolute atomic E-state index is 0.0567. The molecule has 0 bridgehead atoms. The molecule has 43 heavy (non-hydrogen) atoms. The summed E-state index contributed by atoms with van der Waals surface area (Å²) in [7, 11) is -3.54. The van der Waals surface area contributed by atoms with Crippen molar-refractivity contribution in [2.24, 2.45) is 22.7 Å². The fraction of sp³-hybridized carbons (Fsp3) is 0.667. The summed E-state index contributed by atoms with van der Waals surface area (Å²) in [6.45, 7) is 15.5. The molecule has 0 aromatic heterocycles. The van der Waals surface area contributed by atoms with E-state index in [1.54, 1.807) is 0 Å². The summed E-state index contributed by atoms with van der Waals surface area (Å²) in [6, 6.07) is 19.7. The maximum Gasteiger partial charge on any atom is 0.680 e. The summed E-state index contributed by atoms with van der Waals surface area (Å²) in [4.78, 5) is 0. The first-order valence-corrected chi connectivity index (χ1v) is 18.1. The van der Waals surface area contributed by atoms with Crippen molar-refractivity contribution < 1.29 is 27.2 Å². The summed E-state index contributed by atoms with van der Waals surface area (Å²) in [6.07, 6.45) is 8.65. The van der Waals surface area contributed by atoms with Gasteiger partial charge in [-0.25, -0.2) is 0 Å². The highest BCUT2D eigenvalue weighted by Crippen LogP contribution is 2.41. The molecule has 2 aliphatic carbocycles. The van der Waals surface area contributed by atoms with Crippen LogP contribution in [0.3, 0.4) is 0 Å². The maximum absolute atomic E-state index is 6.90. The van der Waals surface area contributed by atoms with Gasteiger partial charge in [0.25, 0.3) is 0 Å². The SMILES string of the molecule is CC(C)(C)C1CCC(O[Si](OCCOc2ccccc2)(OCCOc2ccccc2)OC2CCC(C(C)(C)C)CC2)CC1. The third-order valence-corrected chi connectivity index (χ3v) is 11.5. The molecule has 2 saturated carbocycles. The highest BCUT2D eigenvalue weighted by Gasteiger charge is 2.51. The summed E-state index contributed by atoms with van der Waals surface area (Å²) in [5.41, 5.74) is 0.608. The summed E-state index contributed by atoms with van der Waals surface area (Å²) in [5, 5.41) is 0. The van der Waals surface area contributed by atoms with Crippen molar-refractivity contribution in [3.05, 3.63) is 60.7 Å². The molecule has 0 amide bonds. The van der Waals surface area contributed by atoms with Crippen LogP contribution in [0.25, 0.3) is 0 Å². The highest BCUT2D eigenvalue weighted by atomic mass is 28.4. The topological polar surface area (TPSA) is 55.4 Å². The second-order valence-electron chi connectivity index (χ2n) is 14.4. The molecule has 2 aliphatic rings. The van der Waals surface area contributed by atoms with Crippen LogP contribution in [0.2, 0.25) is 0 Å². The molecule has 0 spiro atoms. The Kier molecular flexibility index (Phi) is 12.6. The summed E-state index contributed by atoms with van der Waals surface area (Å²) < 4.78 is 38.9. The van der Waals surface area contributed by atoms with Crippen molar-refractivity contribution in [2.45, 2.75) is 105 Å². The minimum atomic E-state index is -3.54. The van der Waals surface area contributed by atoms with Gasteiger partial charge in [-0.15, -0.1) is 0 Å². The normalized spacial score (nSPS) is 23.6. The third kappa shape index (κ3) is 11.2. The number of ether oxygens (including phenoxy) is 2. The lowest BCUT2D eigenvalue weighted by Gasteiger charge is -2.41. The van der Waals surface area contributed by atoms with Crippen LogP contribution < -0.4 is 9.47 Å². The van der Waals surface area contributed by atoms with Crippen molar-refractivity contribution in [3.8, 4) is 11.5 Å². The Morgan fingerprint density at radius 2 is 0.860 bits per heavy atom. The van der Waals surface area contributed by atoms with Gasteiger partial charge in [0.1, 0.15) is 24.7 Å². The molecule has 240 valence electrons. The van der Waals surface area contributed by atoms with Crippen LogP contribution in [0.5, 0.6) is 11.5 Å². The fourth-order valence-corrected chi connectivity index (χ4v) is 8.76. The van der Waals surface area contributed by atoms with Crippen LogP contribution in [0.1, 0.15) is 92.9 Å². The maximum atomic E-state index is 6.90. The zero-order chi connectivity index (χ0) is 30.8. The number of benzene rings is 2. The Balaban J connectivity index is 1.46. The Hall–Kier alpha value is -1.90. The average molecular weight is 613 g/mol. The van der Waals surface area contributed by atoms with Crippen molar-refractivity contribution >= 4 is 9.05 Å². The second-order valence-corrected chi connectivity index (χ2v) is 16.5. The van der Waals surface area contributed by atoms with Gasteiger partial charge in [-0.3, -0.25) is 0 Å². The molecular formula is C36H56O6Si. The van der Waals surface area contributed by atoms with E-state index in [0.717, 1.165) is 62.9 Å². The number of rotatable bonds is 14. The van der Waals surface area contributed by atoms with E-state index in [9.17, 15) is 0 Å². The van der Waals surface area contributed by atoms with Gasteiger partial charge in [0.2, 0.25) is 0 Å². The van der Waals surface area contributed by atoms with E-state index in [4.69, 9.17) is 27.2 Å². The lowest BCUT2D eigenvalue weighted by Crippen LogP contribution is -2.55. The van der Waals surface area contributed by atoms with Crippen LogP contribution in [-0.2, 0) is 17.7 Å². The molecule has 0 heterocycles. The third-order valence-electron chi connectivity index (χ3n) is 9.17. The monoisotopic (exact) mass is 612 g/mol. The van der Waals surface area contributed by atoms with Gasteiger partial charge in [-0.1, -0.05) is 77.9 Å². The van der Waals surface area contributed by atoms with E-state index in [2.05, 4.69) is 41.5 Å². The zero-order valence-electron chi connectivity index (χ0n) is 27.5. The van der Waals surface area contributed by atoms with Crippen molar-refractivity contribution in [1.82, 2.24) is 0 Å². The lowest BCUT2D eigenvalue weighted by molar-refractivity contribution is -0.0971. The van der Waals surface area contributed by atoms with Gasteiger partial charge < -0.3 is 27.2 Å². The van der Waals surface area contributed by atoms with Crippen LogP contribution in [0.15, 0.2) is 60.7 Å². The van der Waals surface area contributed by atoms with Gasteiger partial charge in [0.15, 0.2) is 0 Å². The molecule has 6 nitrogen and oxygen atoms in total. The fourth-order valence-electron chi connectivity index (χ4n) is 6.39. The summed E-state index contributed by atoms with van der Waals surface area (Å²) in [5.74, 6) is 3.02. The standard InChI is InChI=1S/C36H56O6Si/c1-35(2,3)29-17-21-33(22-18-29)41-43(39-27-25-37-31-13-9-7-10-14-31,40-28-26-38-32-15-11-8-12-16-32)42-34-23-19-30(20-24-34)36(4,5)6/h7-16,29-30,33-34H,17-28H2,1-6H3. The lowest BCUT2D eigenvalue weighted by atomic mass is 9.72. The van der Waals surface area contributed by atoms with Gasteiger partial charge in [-0.2, -0.15) is 0 Å². The van der Waals surface area contributed by atoms with Gasteiger partial charge >= 0.3 is 9.05 Å². The van der Waals surface area contributed by atoms with Crippen molar-refractivity contribution in [1.29, 1.82) is 0 Å². The molecule has 0 unspecified atom stereocenters. The van der Waals surface area contributed by atoms with E-state index in [1.165, 1.54) is 0 Å². The van der Waals surface area contributed by atoms with E-state index in [0.29, 0.717) is 49.1 Å². The highest BCUT2D eigenvalue weighted by molar-refractivity contribution is 6.53. The molecule has 2 aromatic rings. The first-order valence-electron chi connectivity index (χ1n) is 16.5. The van der Waals surface area contributed by atoms with Crippen molar-refractivity contribution in [3.63, 3.8) is 0 Å². The number of hydrogen-bond acceptors (Lipinski definition) is 6. The second kappa shape index (κ2) is 15.9. The zero-order valence-corrected chi connectivity index (χ0v) is 28.5. The quantitative estimate of drug-likeness (QED) is 0.157. The average Bonchev–Trinajstić information content (AvgIpc) is 2.98. The Morgan fingerprint density at radius 3 is 1.19 bits per heavy atom. The Bertz CT molecular complexity index is 949. The van der Waals surface area contributed by atoms with Crippen LogP contribution >= 0.6 is 0 Å². The van der Waals surface area contributed by atoms with Crippen LogP contribution in [-0.4, -0.2) is 47.7 Å². The first kappa shape index (κ1) is 34.0. The van der Waals surface area contributed by atoms with Crippen molar-refractivity contribution in [2.75, 3.05) is 26.4 Å². The molecule has 0 radical (unpaired) electrons. The van der Waals surface area contributed by atoms with E-state index in [1.807, 2.05) is 60.7 Å². The Morgan fingerprint density at radius 1 is 0.512 bits per heavy atom. The molecule has 7 heteroatoms. The number of para-hydroxylation sites is 2. The van der Waals surface area contributed by atoms with Gasteiger partial charge in [0, 0.05) is 0 Å². The van der Waals surface area contributed by atoms with Gasteiger partial charge in [-0.05, 0) is 98.3 Å². The number of hydrogen-bond donors (Lipinski definition) is 0. The minimum Gasteiger partial charge on any atom is -0.491 e. The molecule has 0 atom stereocenters. The molecule has 2 aromatic carbocycles. The Labute approximate surface area is 262 Å². The molecule has 0 aliphatic heterocycles. The molecule has 0 saturated heterocycles. The molecule has 0 N–H and O–H groups in total. The van der Waals surface area contributed by atoms with Gasteiger partial charge in [0.05, 0.1) is 25.4 Å². The predicted molar refractivity (Wildman–Crippen MR) is 174 cm³/mol. The van der Waals surface area contributed by atoms with E-state index in [-0.39, 0.29) is 12.2 Å².